The lowest BCUT2D eigenvalue weighted by molar-refractivity contribution is 0.980. The fourth-order valence-electron chi connectivity index (χ4n) is 2.20. The molecule has 0 bridgehead atoms. The first-order valence-corrected chi connectivity index (χ1v) is 6.19. The lowest BCUT2D eigenvalue weighted by Crippen LogP contribution is -2.00. The highest BCUT2D eigenvalue weighted by Gasteiger charge is 2.14. The van der Waals surface area contributed by atoms with Crippen molar-refractivity contribution in [1.82, 2.24) is 4.98 Å². The minimum Gasteiger partial charge on any atom is -0.251 e. The quantitative estimate of drug-likeness (QED) is 0.685. The van der Waals surface area contributed by atoms with Crippen molar-refractivity contribution in [2.75, 3.05) is 0 Å². The second-order valence-corrected chi connectivity index (χ2v) is 4.40. The molecule has 0 unspecified atom stereocenters. The Morgan fingerprint density at radius 2 is 1.58 bits per heavy atom. The van der Waals surface area contributed by atoms with Crippen LogP contribution in [0.4, 0.5) is 0 Å². The molecule has 0 aliphatic rings. The van der Waals surface area contributed by atoms with Gasteiger partial charge in [-0.05, 0) is 17.7 Å². The minimum atomic E-state index is -0.314. The van der Waals surface area contributed by atoms with E-state index in [2.05, 4.69) is 11.1 Å². The monoisotopic (exact) mass is 244 g/mol. The van der Waals surface area contributed by atoms with Gasteiger partial charge < -0.3 is 0 Å². The number of hydrogen-bond donors (Lipinski definition) is 0. The van der Waals surface area contributed by atoms with Crippen molar-refractivity contribution < 1.29 is 0 Å². The van der Waals surface area contributed by atoms with Gasteiger partial charge in [-0.2, -0.15) is 5.26 Å². The molecular formula is C17H12N2. The van der Waals surface area contributed by atoms with Crippen LogP contribution in [0.5, 0.6) is 0 Å². The molecule has 0 aliphatic heterocycles. The number of fused-ring (bicyclic) bond motifs is 1. The standard InChI is InChI=1S/C17H12N2/c18-12-15(13-6-2-1-3-7-13)17-11-10-14-8-4-5-9-16(14)19-17/h1-11,15H/t15-/m0/s1. The van der Waals surface area contributed by atoms with E-state index in [1.165, 1.54) is 0 Å². The van der Waals surface area contributed by atoms with E-state index in [0.717, 1.165) is 22.2 Å². The highest BCUT2D eigenvalue weighted by Crippen LogP contribution is 2.24. The van der Waals surface area contributed by atoms with Gasteiger partial charge >= 0.3 is 0 Å². The van der Waals surface area contributed by atoms with Crippen LogP contribution in [0.2, 0.25) is 0 Å². The van der Waals surface area contributed by atoms with Crippen molar-refractivity contribution >= 4 is 10.9 Å². The van der Waals surface area contributed by atoms with E-state index in [4.69, 9.17) is 0 Å². The van der Waals surface area contributed by atoms with E-state index in [9.17, 15) is 5.26 Å². The van der Waals surface area contributed by atoms with Gasteiger partial charge in [0.2, 0.25) is 0 Å². The van der Waals surface area contributed by atoms with Gasteiger partial charge in [0.15, 0.2) is 0 Å². The summed E-state index contributed by atoms with van der Waals surface area (Å²) in [6.45, 7) is 0. The summed E-state index contributed by atoms with van der Waals surface area (Å²) in [6.07, 6.45) is 0. The van der Waals surface area contributed by atoms with Crippen molar-refractivity contribution in [2.45, 2.75) is 5.92 Å². The Morgan fingerprint density at radius 1 is 0.842 bits per heavy atom. The second-order valence-electron chi connectivity index (χ2n) is 4.40. The predicted octanol–water partition coefficient (Wildman–Crippen LogP) is 3.89. The average Bonchev–Trinajstić information content (AvgIpc) is 2.49. The van der Waals surface area contributed by atoms with Crippen LogP contribution in [0, 0.1) is 11.3 Å². The molecule has 0 spiro atoms. The molecule has 3 rings (SSSR count). The summed E-state index contributed by atoms with van der Waals surface area (Å²) >= 11 is 0. The van der Waals surface area contributed by atoms with Crippen LogP contribution in [-0.4, -0.2) is 4.98 Å². The number of benzene rings is 2. The van der Waals surface area contributed by atoms with E-state index in [0.29, 0.717) is 0 Å². The Bertz CT molecular complexity index is 742. The smallest absolute Gasteiger partial charge is 0.113 e. The summed E-state index contributed by atoms with van der Waals surface area (Å²) in [4.78, 5) is 4.60. The average molecular weight is 244 g/mol. The van der Waals surface area contributed by atoms with Gasteiger partial charge in [-0.25, -0.2) is 0 Å². The van der Waals surface area contributed by atoms with Crippen LogP contribution >= 0.6 is 0 Å². The third-order valence-electron chi connectivity index (χ3n) is 3.18. The van der Waals surface area contributed by atoms with Gasteiger partial charge in [0, 0.05) is 5.39 Å². The fourth-order valence-corrected chi connectivity index (χ4v) is 2.20. The maximum atomic E-state index is 9.41. The molecule has 1 aromatic heterocycles. The zero-order valence-electron chi connectivity index (χ0n) is 10.3. The van der Waals surface area contributed by atoms with Crippen molar-refractivity contribution in [3.05, 3.63) is 78.0 Å². The number of nitrogens with zero attached hydrogens (tertiary/aromatic N) is 2. The number of rotatable bonds is 2. The van der Waals surface area contributed by atoms with Crippen LogP contribution in [0.1, 0.15) is 17.2 Å². The summed E-state index contributed by atoms with van der Waals surface area (Å²) in [5.41, 5.74) is 2.70. The molecule has 3 aromatic rings. The van der Waals surface area contributed by atoms with Crippen molar-refractivity contribution in [3.8, 4) is 6.07 Å². The number of para-hydroxylation sites is 1. The van der Waals surface area contributed by atoms with E-state index in [-0.39, 0.29) is 5.92 Å². The van der Waals surface area contributed by atoms with Crippen molar-refractivity contribution in [3.63, 3.8) is 0 Å². The van der Waals surface area contributed by atoms with Gasteiger partial charge in [0.05, 0.1) is 17.3 Å². The van der Waals surface area contributed by atoms with Crippen molar-refractivity contribution in [2.24, 2.45) is 0 Å². The zero-order chi connectivity index (χ0) is 13.1. The minimum absolute atomic E-state index is 0.314. The van der Waals surface area contributed by atoms with Gasteiger partial charge in [-0.15, -0.1) is 0 Å². The van der Waals surface area contributed by atoms with Crippen LogP contribution in [0.15, 0.2) is 66.7 Å². The van der Waals surface area contributed by atoms with Crippen LogP contribution in [0.3, 0.4) is 0 Å². The van der Waals surface area contributed by atoms with E-state index >= 15 is 0 Å². The second kappa shape index (κ2) is 4.91. The van der Waals surface area contributed by atoms with Crippen molar-refractivity contribution in [1.29, 1.82) is 5.26 Å². The molecule has 0 saturated carbocycles. The molecule has 19 heavy (non-hydrogen) atoms. The van der Waals surface area contributed by atoms with E-state index in [1.807, 2.05) is 66.7 Å². The molecule has 2 nitrogen and oxygen atoms in total. The molecule has 2 aromatic carbocycles. The first kappa shape index (κ1) is 11.4. The largest absolute Gasteiger partial charge is 0.251 e. The maximum Gasteiger partial charge on any atom is 0.113 e. The Labute approximate surface area is 112 Å². The number of aromatic nitrogens is 1. The van der Waals surface area contributed by atoms with Crippen LogP contribution in [-0.2, 0) is 0 Å². The highest BCUT2D eigenvalue weighted by atomic mass is 14.7. The van der Waals surface area contributed by atoms with Gasteiger partial charge in [0.25, 0.3) is 0 Å². The Hall–Kier alpha value is -2.66. The van der Waals surface area contributed by atoms with E-state index in [1.54, 1.807) is 0 Å². The molecule has 0 amide bonds. The van der Waals surface area contributed by atoms with Gasteiger partial charge in [0.1, 0.15) is 5.92 Å². The number of hydrogen-bond acceptors (Lipinski definition) is 2. The molecule has 0 radical (unpaired) electrons. The normalized spacial score (nSPS) is 11.9. The third-order valence-corrected chi connectivity index (χ3v) is 3.18. The molecule has 0 fully saturated rings. The topological polar surface area (TPSA) is 36.7 Å². The molecular weight excluding hydrogens is 232 g/mol. The first-order chi connectivity index (χ1) is 9.38. The molecule has 2 heteroatoms. The SMILES string of the molecule is N#C[C@@H](c1ccccc1)c1ccc2ccccc2n1. The third kappa shape index (κ3) is 2.19. The summed E-state index contributed by atoms with van der Waals surface area (Å²) < 4.78 is 0. The summed E-state index contributed by atoms with van der Waals surface area (Å²) in [5, 5.41) is 10.5. The lowest BCUT2D eigenvalue weighted by Gasteiger charge is -2.09. The summed E-state index contributed by atoms with van der Waals surface area (Å²) in [6, 6.07) is 24.0. The Balaban J connectivity index is 2.10. The summed E-state index contributed by atoms with van der Waals surface area (Å²) in [7, 11) is 0. The Morgan fingerprint density at radius 3 is 2.37 bits per heavy atom. The molecule has 1 heterocycles. The predicted molar refractivity (Wildman–Crippen MR) is 75.6 cm³/mol. The van der Waals surface area contributed by atoms with Crippen LogP contribution < -0.4 is 0 Å². The molecule has 0 N–H and O–H groups in total. The maximum absolute atomic E-state index is 9.41. The first-order valence-electron chi connectivity index (χ1n) is 6.19. The molecule has 0 aliphatic carbocycles. The lowest BCUT2D eigenvalue weighted by atomic mass is 9.96. The number of pyridine rings is 1. The fraction of sp³-hybridized carbons (Fsp3) is 0.0588. The zero-order valence-corrected chi connectivity index (χ0v) is 10.3. The van der Waals surface area contributed by atoms with E-state index < -0.39 is 0 Å². The Kier molecular flexibility index (Phi) is 2.96. The van der Waals surface area contributed by atoms with Gasteiger partial charge in [-0.1, -0.05) is 54.6 Å². The van der Waals surface area contributed by atoms with Crippen LogP contribution in [0.25, 0.3) is 10.9 Å². The highest BCUT2D eigenvalue weighted by molar-refractivity contribution is 5.78. The molecule has 90 valence electrons. The number of nitriles is 1. The summed E-state index contributed by atoms with van der Waals surface area (Å²) in [5.74, 6) is -0.314. The molecule has 1 atom stereocenters. The van der Waals surface area contributed by atoms with Gasteiger partial charge in [-0.3, -0.25) is 4.98 Å². The molecule has 0 saturated heterocycles.